The van der Waals surface area contributed by atoms with Gasteiger partial charge in [-0.15, -0.1) is 0 Å². The van der Waals surface area contributed by atoms with Gasteiger partial charge in [-0.05, 0) is 49.4 Å². The lowest BCUT2D eigenvalue weighted by Gasteiger charge is -2.29. The highest BCUT2D eigenvalue weighted by Gasteiger charge is 2.35. The van der Waals surface area contributed by atoms with Gasteiger partial charge in [0.05, 0.1) is 29.5 Å². The Labute approximate surface area is 153 Å². The van der Waals surface area contributed by atoms with Crippen LogP contribution in [0.5, 0.6) is 5.75 Å². The molecule has 0 saturated carbocycles. The van der Waals surface area contributed by atoms with E-state index in [4.69, 9.17) is 4.74 Å². The first kappa shape index (κ1) is 18.5. The zero-order valence-corrected chi connectivity index (χ0v) is 16.0. The van der Waals surface area contributed by atoms with E-state index in [0.29, 0.717) is 11.4 Å². The van der Waals surface area contributed by atoms with Crippen molar-refractivity contribution in [3.05, 3.63) is 65.6 Å². The van der Waals surface area contributed by atoms with Crippen LogP contribution in [0.2, 0.25) is 0 Å². The van der Waals surface area contributed by atoms with E-state index in [-0.39, 0.29) is 10.6 Å². The molecule has 1 heterocycles. The van der Waals surface area contributed by atoms with Gasteiger partial charge < -0.3 is 4.74 Å². The molecule has 0 aliphatic carbocycles. The minimum atomic E-state index is -3.95. The number of sulfone groups is 1. The third-order valence-corrected chi connectivity index (χ3v) is 7.36. The highest BCUT2D eigenvalue weighted by atomic mass is 32.2. The first-order valence-electron chi connectivity index (χ1n) is 7.89. The summed E-state index contributed by atoms with van der Waals surface area (Å²) in [5.74, 6) is 0.292. The van der Waals surface area contributed by atoms with Crippen LogP contribution >= 0.6 is 0 Å². The molecule has 0 saturated heterocycles. The second kappa shape index (κ2) is 6.77. The smallest absolute Gasteiger partial charge is 0.264 e. The maximum Gasteiger partial charge on any atom is 0.264 e. The highest BCUT2D eigenvalue weighted by molar-refractivity contribution is 7.95. The van der Waals surface area contributed by atoms with Gasteiger partial charge >= 0.3 is 0 Å². The first-order chi connectivity index (χ1) is 12.2. The molecule has 0 unspecified atom stereocenters. The molecule has 0 amide bonds. The third kappa shape index (κ3) is 3.61. The lowest BCUT2D eigenvalue weighted by atomic mass is 10.2. The topological polar surface area (TPSA) is 80.8 Å². The summed E-state index contributed by atoms with van der Waals surface area (Å²) in [5.41, 5.74) is 1.31. The van der Waals surface area contributed by atoms with Crippen molar-refractivity contribution in [2.75, 3.05) is 17.2 Å². The van der Waals surface area contributed by atoms with Crippen molar-refractivity contribution in [2.45, 2.75) is 17.9 Å². The Kier molecular flexibility index (Phi) is 4.81. The number of hydrogen-bond donors (Lipinski definition) is 0. The molecule has 138 valence electrons. The number of rotatable bonds is 5. The van der Waals surface area contributed by atoms with Crippen LogP contribution < -0.4 is 9.04 Å². The van der Waals surface area contributed by atoms with Crippen LogP contribution in [-0.2, 0) is 19.9 Å². The van der Waals surface area contributed by atoms with E-state index in [2.05, 4.69) is 0 Å². The van der Waals surface area contributed by atoms with Crippen LogP contribution in [0, 0.1) is 6.92 Å². The molecule has 0 fully saturated rings. The molecule has 0 bridgehead atoms. The predicted molar refractivity (Wildman–Crippen MR) is 101 cm³/mol. The molecule has 1 aliphatic heterocycles. The lowest BCUT2D eigenvalue weighted by Crippen LogP contribution is -2.41. The second-order valence-corrected chi connectivity index (χ2v) is 9.78. The van der Waals surface area contributed by atoms with Gasteiger partial charge in [-0.3, -0.25) is 4.31 Å². The van der Waals surface area contributed by atoms with E-state index < -0.39 is 25.9 Å². The molecule has 0 spiro atoms. The predicted octanol–water partition coefficient (Wildman–Crippen LogP) is 2.51. The zero-order valence-electron chi connectivity index (χ0n) is 14.4. The average Bonchev–Trinajstić information content (AvgIpc) is 2.95. The third-order valence-electron chi connectivity index (χ3n) is 4.12. The van der Waals surface area contributed by atoms with Crippen LogP contribution in [0.1, 0.15) is 5.56 Å². The van der Waals surface area contributed by atoms with Gasteiger partial charge in [0.15, 0.2) is 9.84 Å². The van der Waals surface area contributed by atoms with Crippen molar-refractivity contribution in [1.29, 1.82) is 0 Å². The van der Waals surface area contributed by atoms with Gasteiger partial charge in [-0.2, -0.15) is 0 Å². The fourth-order valence-corrected chi connectivity index (χ4v) is 5.74. The van der Waals surface area contributed by atoms with Crippen molar-refractivity contribution >= 4 is 25.5 Å². The van der Waals surface area contributed by atoms with E-state index in [1.807, 2.05) is 6.92 Å². The monoisotopic (exact) mass is 393 g/mol. The van der Waals surface area contributed by atoms with Crippen molar-refractivity contribution in [3.8, 4) is 5.75 Å². The molecule has 2 aromatic carbocycles. The van der Waals surface area contributed by atoms with Crippen molar-refractivity contribution in [2.24, 2.45) is 0 Å². The summed E-state index contributed by atoms with van der Waals surface area (Å²) in [6.07, 6.45) is 1.41. The van der Waals surface area contributed by atoms with E-state index in [0.717, 1.165) is 15.3 Å². The van der Waals surface area contributed by atoms with Gasteiger partial charge in [0.25, 0.3) is 10.0 Å². The summed E-state index contributed by atoms with van der Waals surface area (Å²) in [5, 5.41) is 1.07. The van der Waals surface area contributed by atoms with Crippen molar-refractivity contribution in [1.82, 2.24) is 0 Å². The summed E-state index contributed by atoms with van der Waals surface area (Å²) in [4.78, 5) is 0.108. The molecule has 0 aromatic heterocycles. The van der Waals surface area contributed by atoms with Crippen molar-refractivity contribution in [3.63, 3.8) is 0 Å². The number of sulfonamides is 1. The first-order valence-corrected chi connectivity index (χ1v) is 11.0. The van der Waals surface area contributed by atoms with Gasteiger partial charge in [-0.1, -0.05) is 17.7 Å². The summed E-state index contributed by atoms with van der Waals surface area (Å²) >= 11 is 0. The molecule has 2 aromatic rings. The minimum absolute atomic E-state index is 0.108. The van der Waals surface area contributed by atoms with Gasteiger partial charge in [0, 0.05) is 5.41 Å². The molecule has 26 heavy (non-hydrogen) atoms. The lowest BCUT2D eigenvalue weighted by molar-refractivity contribution is 0.415. The fraction of sp³-hybridized carbons (Fsp3) is 0.222. The molecule has 3 rings (SSSR count). The van der Waals surface area contributed by atoms with Gasteiger partial charge in [0.1, 0.15) is 5.75 Å². The van der Waals surface area contributed by atoms with Crippen LogP contribution in [-0.4, -0.2) is 35.7 Å². The van der Waals surface area contributed by atoms with E-state index >= 15 is 0 Å². The van der Waals surface area contributed by atoms with Crippen LogP contribution in [0.25, 0.3) is 0 Å². The normalized spacial score (nSPS) is 18.6. The Balaban J connectivity index is 2.10. The zero-order chi connectivity index (χ0) is 18.9. The number of methoxy groups -OCH3 is 1. The SMILES string of the molecule is COc1ccc(N([C@H]2C=CS(=O)(=O)C2)S(=O)(=O)c2ccc(C)cc2)cc1. The minimum Gasteiger partial charge on any atom is -0.497 e. The van der Waals surface area contributed by atoms with E-state index in [1.54, 1.807) is 36.4 Å². The Morgan fingerprint density at radius 2 is 1.65 bits per heavy atom. The molecule has 6 nitrogen and oxygen atoms in total. The number of anilines is 1. The Morgan fingerprint density at radius 1 is 1.04 bits per heavy atom. The number of benzene rings is 2. The molecule has 0 N–H and O–H groups in total. The summed E-state index contributed by atoms with van der Waals surface area (Å²) in [6, 6.07) is 12.1. The second-order valence-electron chi connectivity index (χ2n) is 6.04. The Hall–Kier alpha value is -2.32. The van der Waals surface area contributed by atoms with E-state index in [9.17, 15) is 16.8 Å². The quantitative estimate of drug-likeness (QED) is 0.780. The standard InChI is InChI=1S/C18H19NO5S2/c1-14-3-9-18(10-4-14)26(22,23)19(16-11-12-25(20,21)13-16)15-5-7-17(24-2)8-6-15/h3-12,16H,13H2,1-2H3/t16-/m0/s1. The molecule has 1 atom stereocenters. The van der Waals surface area contributed by atoms with Crippen LogP contribution in [0.3, 0.4) is 0 Å². The molecular weight excluding hydrogens is 374 g/mol. The number of hydrogen-bond acceptors (Lipinski definition) is 5. The fourth-order valence-electron chi connectivity index (χ4n) is 2.77. The summed E-state index contributed by atoms with van der Waals surface area (Å²) in [6.45, 7) is 1.87. The Morgan fingerprint density at radius 3 is 2.15 bits per heavy atom. The molecule has 1 aliphatic rings. The molecule has 8 heteroatoms. The van der Waals surface area contributed by atoms with Crippen LogP contribution in [0.15, 0.2) is 64.9 Å². The van der Waals surface area contributed by atoms with E-state index in [1.165, 1.54) is 25.3 Å². The Bertz CT molecular complexity index is 1020. The molecular formula is C18H19NO5S2. The van der Waals surface area contributed by atoms with Crippen LogP contribution in [0.4, 0.5) is 5.69 Å². The van der Waals surface area contributed by atoms with Gasteiger partial charge in [-0.25, -0.2) is 16.8 Å². The maximum atomic E-state index is 13.3. The number of nitrogens with zero attached hydrogens (tertiary/aromatic N) is 1. The summed E-state index contributed by atoms with van der Waals surface area (Å²) in [7, 11) is -5.85. The summed E-state index contributed by atoms with van der Waals surface area (Å²) < 4.78 is 56.5. The highest BCUT2D eigenvalue weighted by Crippen LogP contribution is 2.31. The largest absolute Gasteiger partial charge is 0.497 e. The number of aryl methyl sites for hydroxylation is 1. The van der Waals surface area contributed by atoms with Crippen molar-refractivity contribution < 1.29 is 21.6 Å². The molecule has 0 radical (unpaired) electrons. The average molecular weight is 393 g/mol. The van der Waals surface area contributed by atoms with Gasteiger partial charge in [0.2, 0.25) is 0 Å². The number of ether oxygens (including phenoxy) is 1. The maximum absolute atomic E-state index is 13.3.